The third kappa shape index (κ3) is 4.30. The Hall–Kier alpha value is -1.74. The van der Waals surface area contributed by atoms with Crippen LogP contribution in [-0.4, -0.2) is 24.5 Å². The minimum atomic E-state index is -1.27. The molecule has 2 aromatic rings. The fourth-order valence-corrected chi connectivity index (χ4v) is 4.03. The first-order chi connectivity index (χ1) is 13.4. The summed E-state index contributed by atoms with van der Waals surface area (Å²) in [6, 6.07) is 16.8. The van der Waals surface area contributed by atoms with Crippen molar-refractivity contribution >= 4 is 0 Å². The van der Waals surface area contributed by atoms with Crippen molar-refractivity contribution in [3.05, 3.63) is 70.8 Å². The first-order valence-electron chi connectivity index (χ1n) is 10.7. The Morgan fingerprint density at radius 2 is 1.50 bits per heavy atom. The minimum absolute atomic E-state index is 0.447. The molecule has 3 heteroatoms. The van der Waals surface area contributed by atoms with Crippen LogP contribution in [-0.2, 0) is 24.2 Å². The molecule has 0 saturated heterocycles. The van der Waals surface area contributed by atoms with Crippen LogP contribution in [0.4, 0.5) is 8.78 Å². The van der Waals surface area contributed by atoms with Crippen molar-refractivity contribution in [3.8, 4) is 0 Å². The molecule has 0 bridgehead atoms. The second-order valence-electron chi connectivity index (χ2n) is 8.91. The fraction of sp³-hybridized carbons (Fsp3) is 0.520. The molecule has 0 aliphatic heterocycles. The van der Waals surface area contributed by atoms with Crippen molar-refractivity contribution in [2.45, 2.75) is 69.2 Å². The van der Waals surface area contributed by atoms with E-state index in [1.165, 1.54) is 5.56 Å². The van der Waals surface area contributed by atoms with Crippen LogP contribution in [0.2, 0.25) is 0 Å². The molecule has 0 heterocycles. The maximum Gasteiger partial charge on any atom is 0.136 e. The van der Waals surface area contributed by atoms with Gasteiger partial charge < -0.3 is 4.90 Å². The molecule has 0 amide bonds. The van der Waals surface area contributed by atoms with Gasteiger partial charge in [-0.3, -0.25) is 0 Å². The molecule has 2 aliphatic rings. The van der Waals surface area contributed by atoms with Crippen molar-refractivity contribution in [2.24, 2.45) is 0 Å². The lowest BCUT2D eigenvalue weighted by Gasteiger charge is -2.25. The molecular formula is C25H31F2N. The second-order valence-corrected chi connectivity index (χ2v) is 8.91. The van der Waals surface area contributed by atoms with Crippen LogP contribution >= 0.6 is 0 Å². The lowest BCUT2D eigenvalue weighted by atomic mass is 9.92. The van der Waals surface area contributed by atoms with Gasteiger partial charge in [-0.05, 0) is 81.2 Å². The van der Waals surface area contributed by atoms with Gasteiger partial charge >= 0.3 is 0 Å². The highest BCUT2D eigenvalue weighted by atomic mass is 19.1. The Bertz CT molecular complexity index is 809. The molecule has 150 valence electrons. The third-order valence-corrected chi connectivity index (χ3v) is 6.63. The summed E-state index contributed by atoms with van der Waals surface area (Å²) in [4.78, 5) is 2.39. The smallest absolute Gasteiger partial charge is 0.136 e. The minimum Gasteiger partial charge on any atom is -0.303 e. The first-order valence-corrected chi connectivity index (χ1v) is 10.7. The van der Waals surface area contributed by atoms with E-state index in [1.54, 1.807) is 0 Å². The number of halogens is 2. The summed E-state index contributed by atoms with van der Waals surface area (Å²) in [6.07, 6.45) is 5.13. The molecule has 2 aliphatic carbocycles. The summed E-state index contributed by atoms with van der Waals surface area (Å²) in [5.74, 6) is 0. The van der Waals surface area contributed by atoms with E-state index in [2.05, 4.69) is 43.1 Å². The Morgan fingerprint density at radius 3 is 2.14 bits per heavy atom. The van der Waals surface area contributed by atoms with Gasteiger partial charge in [0.2, 0.25) is 0 Å². The van der Waals surface area contributed by atoms with E-state index >= 15 is 0 Å². The first kappa shape index (κ1) is 19.6. The Labute approximate surface area is 167 Å². The van der Waals surface area contributed by atoms with Crippen molar-refractivity contribution < 1.29 is 8.78 Å². The van der Waals surface area contributed by atoms with Gasteiger partial charge in [0.25, 0.3) is 0 Å². The van der Waals surface area contributed by atoms with Crippen molar-refractivity contribution in [3.63, 3.8) is 0 Å². The highest BCUT2D eigenvalue weighted by Crippen LogP contribution is 2.58. The van der Waals surface area contributed by atoms with E-state index in [0.29, 0.717) is 42.9 Å². The number of alkyl halides is 2. The van der Waals surface area contributed by atoms with Crippen molar-refractivity contribution in [2.75, 3.05) is 13.6 Å². The summed E-state index contributed by atoms with van der Waals surface area (Å²) in [7, 11) is 2.17. The lowest BCUT2D eigenvalue weighted by molar-refractivity contribution is 0.249. The average molecular weight is 384 g/mol. The zero-order chi connectivity index (χ0) is 19.8. The molecule has 1 atom stereocenters. The molecule has 2 aromatic carbocycles. The number of aryl methyl sites for hydroxylation is 1. The highest BCUT2D eigenvalue weighted by molar-refractivity contribution is 5.44. The maximum absolute atomic E-state index is 14.8. The molecule has 1 nitrogen and oxygen atoms in total. The molecule has 0 aromatic heterocycles. The van der Waals surface area contributed by atoms with E-state index in [4.69, 9.17) is 0 Å². The van der Waals surface area contributed by atoms with Gasteiger partial charge in [-0.2, -0.15) is 0 Å². The van der Waals surface area contributed by atoms with Gasteiger partial charge in [0.15, 0.2) is 0 Å². The Balaban J connectivity index is 1.35. The largest absolute Gasteiger partial charge is 0.303 e. The summed E-state index contributed by atoms with van der Waals surface area (Å²) >= 11 is 0. The van der Waals surface area contributed by atoms with Gasteiger partial charge in [-0.25, -0.2) is 8.78 Å². The second kappa shape index (κ2) is 7.59. The maximum atomic E-state index is 14.8. The summed E-state index contributed by atoms with van der Waals surface area (Å²) < 4.78 is 29.5. The van der Waals surface area contributed by atoms with E-state index in [-0.39, 0.29) is 0 Å². The van der Waals surface area contributed by atoms with Crippen LogP contribution in [0.1, 0.15) is 61.3 Å². The van der Waals surface area contributed by atoms with Crippen LogP contribution in [0.3, 0.4) is 0 Å². The number of nitrogens with zero attached hydrogens (tertiary/aromatic N) is 1. The van der Waals surface area contributed by atoms with Crippen LogP contribution in [0.25, 0.3) is 0 Å². The molecular weight excluding hydrogens is 352 g/mol. The molecule has 0 N–H and O–H groups in total. The number of hydrogen-bond donors (Lipinski definition) is 0. The monoisotopic (exact) mass is 383 g/mol. The third-order valence-electron chi connectivity index (χ3n) is 6.63. The van der Waals surface area contributed by atoms with Crippen molar-refractivity contribution in [1.29, 1.82) is 0 Å². The van der Waals surface area contributed by atoms with Crippen LogP contribution < -0.4 is 0 Å². The predicted octanol–water partition coefficient (Wildman–Crippen LogP) is 6.10. The summed E-state index contributed by atoms with van der Waals surface area (Å²) in [6.45, 7) is 3.27. The molecule has 2 fully saturated rings. The van der Waals surface area contributed by atoms with Crippen LogP contribution in [0.15, 0.2) is 48.5 Å². The summed E-state index contributed by atoms with van der Waals surface area (Å²) in [5.41, 5.74) is 1.21. The van der Waals surface area contributed by atoms with Crippen LogP contribution in [0, 0.1) is 0 Å². The molecule has 0 radical (unpaired) electrons. The normalized spacial score (nSPS) is 20.2. The molecule has 1 unspecified atom stereocenters. The Morgan fingerprint density at radius 1 is 0.857 bits per heavy atom. The SMILES string of the molecule is CC(CCc1ccc(C2(F)CC2)c(C2(F)CC2)c1)N(C)CCc1ccccc1. The standard InChI is InChI=1S/C25H31F2N/c1-19(28(2)17-12-20-6-4-3-5-7-20)8-9-21-10-11-22(24(26)13-14-24)23(18-21)25(27)15-16-25/h3-7,10-11,18-19H,8-9,12-17H2,1-2H3. The van der Waals surface area contributed by atoms with Gasteiger partial charge in [0.1, 0.15) is 11.3 Å². The van der Waals surface area contributed by atoms with Crippen molar-refractivity contribution in [1.82, 2.24) is 4.90 Å². The Kier molecular flexibility index (Phi) is 5.30. The number of benzene rings is 2. The number of hydrogen-bond acceptors (Lipinski definition) is 1. The van der Waals surface area contributed by atoms with Gasteiger partial charge in [0, 0.05) is 12.6 Å². The van der Waals surface area contributed by atoms with E-state index < -0.39 is 11.3 Å². The predicted molar refractivity (Wildman–Crippen MR) is 111 cm³/mol. The fourth-order valence-electron chi connectivity index (χ4n) is 4.03. The molecule has 28 heavy (non-hydrogen) atoms. The van der Waals surface area contributed by atoms with Crippen LogP contribution in [0.5, 0.6) is 0 Å². The van der Waals surface area contributed by atoms with Gasteiger partial charge in [0.05, 0.1) is 0 Å². The number of rotatable bonds is 9. The topological polar surface area (TPSA) is 3.24 Å². The average Bonchev–Trinajstić information content (AvgIpc) is 3.64. The van der Waals surface area contributed by atoms with E-state index in [9.17, 15) is 8.78 Å². The summed E-state index contributed by atoms with van der Waals surface area (Å²) in [5, 5.41) is 0. The highest BCUT2D eigenvalue weighted by Gasteiger charge is 2.53. The zero-order valence-corrected chi connectivity index (χ0v) is 17.1. The number of likely N-dealkylation sites (N-methyl/N-ethyl adjacent to an activating group) is 1. The van der Waals surface area contributed by atoms with E-state index in [1.807, 2.05) is 24.3 Å². The molecule has 4 rings (SSSR count). The van der Waals surface area contributed by atoms with Gasteiger partial charge in [-0.15, -0.1) is 0 Å². The van der Waals surface area contributed by atoms with Gasteiger partial charge in [-0.1, -0.05) is 48.5 Å². The quantitative estimate of drug-likeness (QED) is 0.506. The molecule has 2 saturated carbocycles. The van der Waals surface area contributed by atoms with E-state index in [0.717, 1.165) is 31.4 Å². The zero-order valence-electron chi connectivity index (χ0n) is 17.1. The lowest BCUT2D eigenvalue weighted by Crippen LogP contribution is -2.31. The molecule has 0 spiro atoms.